The summed E-state index contributed by atoms with van der Waals surface area (Å²) in [5.74, 6) is 0.758. The van der Waals surface area contributed by atoms with E-state index in [1.807, 2.05) is 31.3 Å². The van der Waals surface area contributed by atoms with Crippen molar-refractivity contribution in [3.63, 3.8) is 0 Å². The van der Waals surface area contributed by atoms with E-state index in [0.29, 0.717) is 0 Å². The zero-order valence-corrected chi connectivity index (χ0v) is 12.4. The smallest absolute Gasteiger partial charge is 0.172 e. The minimum atomic E-state index is 0.758. The summed E-state index contributed by atoms with van der Waals surface area (Å²) in [6.07, 6.45) is 1.53. The number of aromatic nitrogens is 4. The monoisotopic (exact) mass is 335 g/mol. The summed E-state index contributed by atoms with van der Waals surface area (Å²) in [4.78, 5) is 16.2. The number of halogens is 1. The van der Waals surface area contributed by atoms with Gasteiger partial charge in [0.05, 0.1) is 15.5 Å². The molecule has 96 valence electrons. The molecular formula is C12H10BrN5S. The molecule has 0 amide bonds. The van der Waals surface area contributed by atoms with Gasteiger partial charge in [-0.15, -0.1) is 0 Å². The van der Waals surface area contributed by atoms with Crippen molar-refractivity contribution in [3.8, 4) is 0 Å². The predicted octanol–water partition coefficient (Wildman–Crippen LogP) is 3.31. The highest BCUT2D eigenvalue weighted by molar-refractivity contribution is 9.10. The van der Waals surface area contributed by atoms with Crippen LogP contribution in [0.1, 0.15) is 0 Å². The molecule has 0 saturated carbocycles. The van der Waals surface area contributed by atoms with Gasteiger partial charge in [-0.05, 0) is 39.8 Å². The van der Waals surface area contributed by atoms with Crippen LogP contribution in [0.15, 0.2) is 45.2 Å². The Morgan fingerprint density at radius 1 is 1.26 bits per heavy atom. The van der Waals surface area contributed by atoms with Crippen LogP contribution in [0.4, 0.5) is 5.82 Å². The van der Waals surface area contributed by atoms with Gasteiger partial charge in [-0.1, -0.05) is 12.1 Å². The molecule has 3 aromatic rings. The van der Waals surface area contributed by atoms with Crippen molar-refractivity contribution in [3.05, 3.63) is 35.1 Å². The summed E-state index contributed by atoms with van der Waals surface area (Å²) in [6.45, 7) is 0. The van der Waals surface area contributed by atoms with Crippen LogP contribution >= 0.6 is 27.7 Å². The summed E-state index contributed by atoms with van der Waals surface area (Å²) in [5.41, 5.74) is 1.97. The number of fused-ring (bicyclic) bond motifs is 1. The Kier molecular flexibility index (Phi) is 3.39. The number of para-hydroxylation sites is 2. The molecule has 0 aliphatic carbocycles. The molecule has 1 aromatic carbocycles. The van der Waals surface area contributed by atoms with E-state index in [4.69, 9.17) is 0 Å². The van der Waals surface area contributed by atoms with Gasteiger partial charge in [0.25, 0.3) is 0 Å². The first-order chi connectivity index (χ1) is 9.28. The zero-order chi connectivity index (χ0) is 13.2. The maximum absolute atomic E-state index is 4.51. The van der Waals surface area contributed by atoms with E-state index in [9.17, 15) is 0 Å². The number of hydrogen-bond acceptors (Lipinski definition) is 5. The van der Waals surface area contributed by atoms with Crippen LogP contribution in [0.5, 0.6) is 0 Å². The van der Waals surface area contributed by atoms with Gasteiger partial charge in [0.1, 0.15) is 17.2 Å². The quantitative estimate of drug-likeness (QED) is 0.719. The van der Waals surface area contributed by atoms with E-state index >= 15 is 0 Å². The van der Waals surface area contributed by atoms with E-state index in [1.165, 1.54) is 18.1 Å². The number of H-pyrrole nitrogens is 1. The van der Waals surface area contributed by atoms with Gasteiger partial charge >= 0.3 is 0 Å². The lowest BCUT2D eigenvalue weighted by atomic mass is 10.3. The third-order valence-corrected chi connectivity index (χ3v) is 4.46. The van der Waals surface area contributed by atoms with E-state index in [1.54, 1.807) is 0 Å². The summed E-state index contributed by atoms with van der Waals surface area (Å²) in [6, 6.07) is 7.93. The fourth-order valence-electron chi connectivity index (χ4n) is 1.67. The Hall–Kier alpha value is -1.60. The number of hydrogen-bond donors (Lipinski definition) is 2. The molecule has 2 aromatic heterocycles. The van der Waals surface area contributed by atoms with E-state index < -0.39 is 0 Å². The molecule has 0 spiro atoms. The molecule has 0 aliphatic rings. The molecule has 3 rings (SSSR count). The highest BCUT2D eigenvalue weighted by Gasteiger charge is 2.11. The topological polar surface area (TPSA) is 66.5 Å². The van der Waals surface area contributed by atoms with E-state index in [-0.39, 0.29) is 0 Å². The number of nitrogens with one attached hydrogen (secondary N) is 2. The van der Waals surface area contributed by atoms with Crippen LogP contribution in [0.25, 0.3) is 11.0 Å². The van der Waals surface area contributed by atoms with Crippen molar-refractivity contribution >= 4 is 44.5 Å². The first kappa shape index (κ1) is 12.4. The Bertz CT molecular complexity index is 694. The summed E-state index contributed by atoms with van der Waals surface area (Å²) in [7, 11) is 1.82. The van der Waals surface area contributed by atoms with E-state index in [0.717, 1.165) is 31.5 Å². The van der Waals surface area contributed by atoms with Crippen molar-refractivity contribution in [2.75, 3.05) is 12.4 Å². The third-order valence-electron chi connectivity index (χ3n) is 2.56. The molecule has 0 bridgehead atoms. The van der Waals surface area contributed by atoms with Gasteiger partial charge < -0.3 is 10.3 Å². The highest BCUT2D eigenvalue weighted by Crippen LogP contribution is 2.33. The first-order valence-corrected chi connectivity index (χ1v) is 7.19. The SMILES string of the molecule is CNc1ncnc(Sc2nc3ccccc3[nH]2)c1Br. The fraction of sp³-hybridized carbons (Fsp3) is 0.0833. The average Bonchev–Trinajstić information content (AvgIpc) is 2.83. The van der Waals surface area contributed by atoms with Gasteiger partial charge in [0.2, 0.25) is 0 Å². The van der Waals surface area contributed by atoms with E-state index in [2.05, 4.69) is 41.2 Å². The second-order valence-corrected chi connectivity index (χ2v) is 5.52. The molecular weight excluding hydrogens is 326 g/mol. The molecule has 0 radical (unpaired) electrons. The number of aromatic amines is 1. The van der Waals surface area contributed by atoms with Gasteiger partial charge in [0, 0.05) is 7.05 Å². The molecule has 19 heavy (non-hydrogen) atoms. The Morgan fingerprint density at radius 3 is 2.89 bits per heavy atom. The molecule has 0 fully saturated rings. The molecule has 0 atom stereocenters. The molecule has 2 N–H and O–H groups in total. The van der Waals surface area contributed by atoms with Crippen LogP contribution in [0, 0.1) is 0 Å². The van der Waals surface area contributed by atoms with Crippen LogP contribution in [0.3, 0.4) is 0 Å². The number of rotatable bonds is 3. The second-order valence-electron chi connectivity index (χ2n) is 3.75. The molecule has 7 heteroatoms. The highest BCUT2D eigenvalue weighted by atomic mass is 79.9. The molecule has 0 unspecified atom stereocenters. The third kappa shape index (κ3) is 2.43. The molecule has 0 aliphatic heterocycles. The summed E-state index contributed by atoms with van der Waals surface area (Å²) < 4.78 is 0.836. The first-order valence-electron chi connectivity index (χ1n) is 5.59. The van der Waals surface area contributed by atoms with Crippen LogP contribution in [-0.2, 0) is 0 Å². The zero-order valence-electron chi connectivity index (χ0n) is 10.0. The number of anilines is 1. The maximum Gasteiger partial charge on any atom is 0.172 e. The summed E-state index contributed by atoms with van der Waals surface area (Å²) >= 11 is 4.96. The van der Waals surface area contributed by atoms with Crippen molar-refractivity contribution in [2.24, 2.45) is 0 Å². The lowest BCUT2D eigenvalue weighted by Gasteiger charge is -2.05. The number of nitrogens with zero attached hydrogens (tertiary/aromatic N) is 3. The van der Waals surface area contributed by atoms with Crippen molar-refractivity contribution in [2.45, 2.75) is 10.2 Å². The van der Waals surface area contributed by atoms with Crippen LogP contribution in [0.2, 0.25) is 0 Å². The maximum atomic E-state index is 4.51. The number of benzene rings is 1. The minimum absolute atomic E-state index is 0.758. The normalized spacial score (nSPS) is 10.8. The Balaban J connectivity index is 1.96. The van der Waals surface area contributed by atoms with Gasteiger partial charge in [-0.25, -0.2) is 15.0 Å². The lowest BCUT2D eigenvalue weighted by Crippen LogP contribution is -1.96. The average molecular weight is 336 g/mol. The minimum Gasteiger partial charge on any atom is -0.372 e. The van der Waals surface area contributed by atoms with Gasteiger partial charge in [-0.2, -0.15) is 0 Å². The standard InChI is InChI=1S/C12H10BrN5S/c1-14-10-9(13)11(16-6-15-10)19-12-17-7-4-2-3-5-8(7)18-12/h2-6H,1H3,(H,17,18)(H,14,15,16). The van der Waals surface area contributed by atoms with Crippen molar-refractivity contribution < 1.29 is 0 Å². The fourth-order valence-corrected chi connectivity index (χ4v) is 3.09. The van der Waals surface area contributed by atoms with Crippen molar-refractivity contribution in [1.29, 1.82) is 0 Å². The lowest BCUT2D eigenvalue weighted by molar-refractivity contribution is 1.01. The predicted molar refractivity (Wildman–Crippen MR) is 79.5 cm³/mol. The second kappa shape index (κ2) is 5.18. The van der Waals surface area contributed by atoms with Crippen LogP contribution < -0.4 is 5.32 Å². The van der Waals surface area contributed by atoms with Crippen molar-refractivity contribution in [1.82, 2.24) is 19.9 Å². The van der Waals surface area contributed by atoms with Crippen LogP contribution in [-0.4, -0.2) is 27.0 Å². The molecule has 2 heterocycles. The summed E-state index contributed by atoms with van der Waals surface area (Å²) in [5, 5.41) is 4.63. The van der Waals surface area contributed by atoms with Gasteiger partial charge in [-0.3, -0.25) is 0 Å². The number of imidazole rings is 1. The molecule has 0 saturated heterocycles. The largest absolute Gasteiger partial charge is 0.372 e. The molecule has 5 nitrogen and oxygen atoms in total. The Morgan fingerprint density at radius 2 is 2.11 bits per heavy atom. The van der Waals surface area contributed by atoms with Gasteiger partial charge in [0.15, 0.2) is 5.16 Å². The Labute approximate surface area is 122 Å².